The van der Waals surface area contributed by atoms with Crippen molar-refractivity contribution >= 4 is 5.91 Å². The van der Waals surface area contributed by atoms with E-state index in [1.165, 1.54) is 6.42 Å². The molecule has 0 aromatic heterocycles. The fourth-order valence-corrected chi connectivity index (χ4v) is 1.96. The number of nitrogens with two attached hydrogens (primary N) is 1. The van der Waals surface area contributed by atoms with E-state index in [-0.39, 0.29) is 11.8 Å². The molecule has 1 rings (SSSR count). The van der Waals surface area contributed by atoms with Crippen LogP contribution >= 0.6 is 0 Å². The van der Waals surface area contributed by atoms with Crippen LogP contribution in [0.2, 0.25) is 0 Å². The maximum absolute atomic E-state index is 11.3. The highest BCUT2D eigenvalue weighted by atomic mass is 16.2. The molecule has 1 heterocycles. The van der Waals surface area contributed by atoms with Crippen LogP contribution in [-0.4, -0.2) is 30.9 Å². The molecule has 0 saturated carbocycles. The second kappa shape index (κ2) is 4.58. The van der Waals surface area contributed by atoms with E-state index in [2.05, 4.69) is 17.4 Å². The van der Waals surface area contributed by atoms with Gasteiger partial charge in [-0.1, -0.05) is 6.92 Å². The summed E-state index contributed by atoms with van der Waals surface area (Å²) in [6.45, 7) is 4.11. The minimum absolute atomic E-state index is 0.0350. The molecule has 3 N–H and O–H groups in total. The summed E-state index contributed by atoms with van der Waals surface area (Å²) in [7, 11) is 2.10. The number of hydrazine groups is 1. The van der Waals surface area contributed by atoms with E-state index < -0.39 is 0 Å². The lowest BCUT2D eigenvalue weighted by molar-refractivity contribution is -0.126. The van der Waals surface area contributed by atoms with Gasteiger partial charge in [0.25, 0.3) is 0 Å². The number of nitrogens with one attached hydrogen (secondary N) is 1. The number of hydrogen-bond donors (Lipinski definition) is 2. The molecule has 1 aliphatic heterocycles. The lowest BCUT2D eigenvalue weighted by Gasteiger charge is -2.32. The van der Waals surface area contributed by atoms with Gasteiger partial charge in [0.05, 0.1) is 0 Å². The highest BCUT2D eigenvalue weighted by molar-refractivity contribution is 5.77. The van der Waals surface area contributed by atoms with Gasteiger partial charge in [-0.15, -0.1) is 0 Å². The van der Waals surface area contributed by atoms with Gasteiger partial charge in [0, 0.05) is 12.5 Å². The number of likely N-dealkylation sites (tertiary alicyclic amines) is 1. The van der Waals surface area contributed by atoms with E-state index in [1.807, 2.05) is 6.92 Å². The molecule has 1 aliphatic rings. The van der Waals surface area contributed by atoms with Gasteiger partial charge in [-0.25, -0.2) is 5.84 Å². The van der Waals surface area contributed by atoms with Crippen LogP contribution in [0.1, 0.15) is 19.8 Å². The fraction of sp³-hybridized carbons (Fsp3) is 0.889. The maximum Gasteiger partial charge on any atom is 0.237 e. The van der Waals surface area contributed by atoms with Crippen molar-refractivity contribution in [3.8, 4) is 0 Å². The summed E-state index contributed by atoms with van der Waals surface area (Å²) in [5, 5.41) is 0. The number of hydrogen-bond acceptors (Lipinski definition) is 3. The average molecular weight is 185 g/mol. The van der Waals surface area contributed by atoms with Crippen molar-refractivity contribution in [3.63, 3.8) is 0 Å². The minimum Gasteiger partial charge on any atom is -0.306 e. The Morgan fingerprint density at radius 2 is 2.38 bits per heavy atom. The van der Waals surface area contributed by atoms with Gasteiger partial charge in [0.15, 0.2) is 0 Å². The van der Waals surface area contributed by atoms with Crippen molar-refractivity contribution in [3.05, 3.63) is 0 Å². The molecule has 4 nitrogen and oxygen atoms in total. The van der Waals surface area contributed by atoms with Crippen LogP contribution in [0, 0.1) is 11.8 Å². The van der Waals surface area contributed by atoms with Gasteiger partial charge < -0.3 is 4.90 Å². The van der Waals surface area contributed by atoms with E-state index in [0.29, 0.717) is 5.92 Å². The summed E-state index contributed by atoms with van der Waals surface area (Å²) >= 11 is 0. The Kier molecular flexibility index (Phi) is 3.69. The van der Waals surface area contributed by atoms with Crippen LogP contribution < -0.4 is 11.3 Å². The Morgan fingerprint density at radius 3 is 2.92 bits per heavy atom. The van der Waals surface area contributed by atoms with Gasteiger partial charge in [0.1, 0.15) is 0 Å². The molecule has 0 radical (unpaired) electrons. The molecule has 0 aromatic carbocycles. The van der Waals surface area contributed by atoms with Crippen molar-refractivity contribution in [2.75, 3.05) is 20.1 Å². The molecule has 0 spiro atoms. The van der Waals surface area contributed by atoms with Crippen LogP contribution in [0.15, 0.2) is 0 Å². The van der Waals surface area contributed by atoms with E-state index >= 15 is 0 Å². The fourth-order valence-electron chi connectivity index (χ4n) is 1.96. The van der Waals surface area contributed by atoms with Gasteiger partial charge in [-0.2, -0.15) is 0 Å². The second-order valence-electron chi connectivity index (χ2n) is 3.96. The summed E-state index contributed by atoms with van der Waals surface area (Å²) in [5.41, 5.74) is 2.22. The third-order valence-corrected chi connectivity index (χ3v) is 2.92. The molecule has 0 aromatic rings. The molecule has 1 fully saturated rings. The molecule has 0 aliphatic carbocycles. The van der Waals surface area contributed by atoms with Gasteiger partial charge in [-0.3, -0.25) is 10.2 Å². The average Bonchev–Trinajstić information content (AvgIpc) is 2.15. The van der Waals surface area contributed by atoms with Gasteiger partial charge >= 0.3 is 0 Å². The molecule has 1 amide bonds. The van der Waals surface area contributed by atoms with Crippen molar-refractivity contribution in [1.82, 2.24) is 10.3 Å². The van der Waals surface area contributed by atoms with E-state index in [1.54, 1.807) is 0 Å². The standard InChI is InChI=1S/C9H19N3O/c1-7(9(13)11-10)8-4-3-5-12(2)6-8/h7-8H,3-6,10H2,1-2H3,(H,11,13). The number of piperidine rings is 1. The van der Waals surface area contributed by atoms with Crippen LogP contribution in [0.4, 0.5) is 0 Å². The lowest BCUT2D eigenvalue weighted by atomic mass is 9.86. The molecule has 0 bridgehead atoms. The predicted octanol–water partition coefficient (Wildman–Crippen LogP) is -0.0458. The van der Waals surface area contributed by atoms with Crippen LogP contribution in [0.5, 0.6) is 0 Å². The third kappa shape index (κ3) is 2.67. The van der Waals surface area contributed by atoms with Crippen molar-refractivity contribution in [2.45, 2.75) is 19.8 Å². The highest BCUT2D eigenvalue weighted by Gasteiger charge is 2.26. The largest absolute Gasteiger partial charge is 0.306 e. The highest BCUT2D eigenvalue weighted by Crippen LogP contribution is 2.22. The van der Waals surface area contributed by atoms with Gasteiger partial charge in [-0.05, 0) is 32.4 Å². The molecular weight excluding hydrogens is 166 g/mol. The Hall–Kier alpha value is -0.610. The number of carbonyl (C=O) groups excluding carboxylic acids is 1. The van der Waals surface area contributed by atoms with E-state index in [0.717, 1.165) is 19.5 Å². The first-order valence-electron chi connectivity index (χ1n) is 4.84. The van der Waals surface area contributed by atoms with Crippen molar-refractivity contribution in [1.29, 1.82) is 0 Å². The Balaban J connectivity index is 2.45. The van der Waals surface area contributed by atoms with E-state index in [9.17, 15) is 4.79 Å². The molecule has 2 unspecified atom stereocenters. The maximum atomic E-state index is 11.3. The molecular formula is C9H19N3O. The first-order valence-corrected chi connectivity index (χ1v) is 4.84. The predicted molar refractivity (Wildman–Crippen MR) is 51.7 cm³/mol. The zero-order valence-electron chi connectivity index (χ0n) is 8.42. The number of nitrogens with zero attached hydrogens (tertiary/aromatic N) is 1. The normalized spacial score (nSPS) is 26.8. The summed E-state index contributed by atoms with van der Waals surface area (Å²) in [6.07, 6.45) is 2.32. The Morgan fingerprint density at radius 1 is 1.69 bits per heavy atom. The monoisotopic (exact) mass is 185 g/mol. The molecule has 2 atom stereocenters. The molecule has 4 heteroatoms. The van der Waals surface area contributed by atoms with Crippen molar-refractivity contribution in [2.24, 2.45) is 17.7 Å². The zero-order chi connectivity index (χ0) is 9.84. The number of amides is 1. The van der Waals surface area contributed by atoms with Crippen LogP contribution in [0.25, 0.3) is 0 Å². The molecule has 1 saturated heterocycles. The quantitative estimate of drug-likeness (QED) is 0.360. The SMILES string of the molecule is CC(C(=O)NN)C1CCCN(C)C1. The smallest absolute Gasteiger partial charge is 0.237 e. The summed E-state index contributed by atoms with van der Waals surface area (Å²) in [5.74, 6) is 5.56. The lowest BCUT2D eigenvalue weighted by Crippen LogP contribution is -2.43. The first kappa shape index (κ1) is 10.5. The van der Waals surface area contributed by atoms with Crippen molar-refractivity contribution < 1.29 is 4.79 Å². The topological polar surface area (TPSA) is 58.4 Å². The summed E-state index contributed by atoms with van der Waals surface area (Å²) in [6, 6.07) is 0. The zero-order valence-corrected chi connectivity index (χ0v) is 8.42. The van der Waals surface area contributed by atoms with Gasteiger partial charge in [0.2, 0.25) is 5.91 Å². The molecule has 76 valence electrons. The summed E-state index contributed by atoms with van der Waals surface area (Å²) in [4.78, 5) is 13.5. The number of carbonyl (C=O) groups is 1. The second-order valence-corrected chi connectivity index (χ2v) is 3.96. The van der Waals surface area contributed by atoms with Crippen LogP contribution in [-0.2, 0) is 4.79 Å². The van der Waals surface area contributed by atoms with Crippen LogP contribution in [0.3, 0.4) is 0 Å². The first-order chi connectivity index (χ1) is 6.15. The molecule has 13 heavy (non-hydrogen) atoms. The Bertz CT molecular complexity index is 184. The number of rotatable bonds is 2. The third-order valence-electron chi connectivity index (χ3n) is 2.92. The minimum atomic E-state index is -0.0414. The summed E-state index contributed by atoms with van der Waals surface area (Å²) < 4.78 is 0. The Labute approximate surface area is 79.4 Å². The van der Waals surface area contributed by atoms with E-state index in [4.69, 9.17) is 5.84 Å².